The summed E-state index contributed by atoms with van der Waals surface area (Å²) in [4.78, 5) is 12.2. The van der Waals surface area contributed by atoms with Crippen molar-refractivity contribution in [2.75, 3.05) is 5.32 Å². The van der Waals surface area contributed by atoms with Gasteiger partial charge >= 0.3 is 0 Å². The number of halogens is 3. The summed E-state index contributed by atoms with van der Waals surface area (Å²) in [5.74, 6) is 0. The van der Waals surface area contributed by atoms with Crippen molar-refractivity contribution in [2.24, 2.45) is 0 Å². The monoisotopic (exact) mass is 445 g/mol. The Kier molecular flexibility index (Phi) is 5.58. The van der Waals surface area contributed by atoms with E-state index in [0.29, 0.717) is 22.9 Å². The molecular formula is C20H14Cl3N5O. The molecule has 0 aliphatic rings. The van der Waals surface area contributed by atoms with E-state index in [0.717, 1.165) is 16.1 Å². The van der Waals surface area contributed by atoms with Gasteiger partial charge in [0.25, 0.3) is 5.56 Å². The molecule has 0 radical (unpaired) electrons. The Morgan fingerprint density at radius 1 is 0.931 bits per heavy atom. The second-order valence-corrected chi connectivity index (χ2v) is 7.32. The first-order valence-corrected chi connectivity index (χ1v) is 9.73. The highest BCUT2D eigenvalue weighted by Gasteiger charge is 2.11. The van der Waals surface area contributed by atoms with Gasteiger partial charge in [-0.25, -0.2) is 4.68 Å². The van der Waals surface area contributed by atoms with E-state index in [1.54, 1.807) is 18.2 Å². The van der Waals surface area contributed by atoms with Gasteiger partial charge in [-0.1, -0.05) is 53.0 Å². The maximum atomic E-state index is 12.2. The average molecular weight is 447 g/mol. The van der Waals surface area contributed by atoms with Crippen molar-refractivity contribution in [2.45, 2.75) is 6.54 Å². The number of nitrogens with zero attached hydrogens (tertiary/aromatic N) is 4. The fourth-order valence-electron chi connectivity index (χ4n) is 2.74. The fourth-order valence-corrected chi connectivity index (χ4v) is 3.24. The second kappa shape index (κ2) is 8.29. The van der Waals surface area contributed by atoms with Gasteiger partial charge in [-0.15, -0.1) is 0 Å². The van der Waals surface area contributed by atoms with Crippen molar-refractivity contribution < 1.29 is 0 Å². The first-order valence-electron chi connectivity index (χ1n) is 8.60. The van der Waals surface area contributed by atoms with Crippen LogP contribution < -0.4 is 10.9 Å². The number of rotatable bonds is 5. The summed E-state index contributed by atoms with van der Waals surface area (Å²) in [7, 11) is 0. The number of para-hydroxylation sites is 1. The van der Waals surface area contributed by atoms with Crippen molar-refractivity contribution in [1.82, 2.24) is 19.6 Å². The normalized spacial score (nSPS) is 10.9. The lowest BCUT2D eigenvalue weighted by Crippen LogP contribution is -2.21. The Balaban J connectivity index is 1.50. The second-order valence-electron chi connectivity index (χ2n) is 6.13. The van der Waals surface area contributed by atoms with Crippen LogP contribution in [0.1, 0.15) is 5.69 Å². The van der Waals surface area contributed by atoms with Crippen LogP contribution in [0.3, 0.4) is 0 Å². The molecule has 1 N–H and O–H groups in total. The summed E-state index contributed by atoms with van der Waals surface area (Å²) in [6.45, 7) is 0.490. The number of hydrogen-bond acceptors (Lipinski definition) is 4. The van der Waals surface area contributed by atoms with Gasteiger partial charge in [-0.05, 0) is 36.4 Å². The van der Waals surface area contributed by atoms with Crippen LogP contribution >= 0.6 is 34.8 Å². The lowest BCUT2D eigenvalue weighted by Gasteiger charge is -2.10. The third-order valence-electron chi connectivity index (χ3n) is 4.20. The Bertz CT molecular complexity index is 1220. The Labute approximate surface area is 181 Å². The van der Waals surface area contributed by atoms with E-state index in [2.05, 4.69) is 15.5 Å². The lowest BCUT2D eigenvalue weighted by molar-refractivity contribution is 0.807. The van der Waals surface area contributed by atoms with Gasteiger partial charge in [0.15, 0.2) is 0 Å². The third-order valence-corrected chi connectivity index (χ3v) is 5.26. The number of nitrogens with one attached hydrogen (secondary N) is 1. The van der Waals surface area contributed by atoms with Crippen molar-refractivity contribution in [3.8, 4) is 11.4 Å². The third kappa shape index (κ3) is 4.15. The van der Waals surface area contributed by atoms with Gasteiger partial charge in [-0.2, -0.15) is 14.9 Å². The van der Waals surface area contributed by atoms with Crippen LogP contribution in [0.5, 0.6) is 0 Å². The van der Waals surface area contributed by atoms with E-state index in [9.17, 15) is 4.79 Å². The highest BCUT2D eigenvalue weighted by molar-refractivity contribution is 6.41. The SMILES string of the molecule is O=c1c(Cl)c(Cl)cnn1-c1ccc(NCc2ccn(-c3ccccc3)n2)c(Cl)c1. The topological polar surface area (TPSA) is 64.7 Å². The van der Waals surface area contributed by atoms with Gasteiger partial charge in [0, 0.05) is 6.20 Å². The van der Waals surface area contributed by atoms with Crippen LogP contribution in [0.4, 0.5) is 5.69 Å². The highest BCUT2D eigenvalue weighted by atomic mass is 35.5. The first-order chi connectivity index (χ1) is 14.0. The minimum absolute atomic E-state index is 0.0889. The molecule has 0 saturated carbocycles. The molecule has 0 amide bonds. The molecule has 6 nitrogen and oxygen atoms in total. The molecule has 4 aromatic rings. The van der Waals surface area contributed by atoms with E-state index in [4.69, 9.17) is 34.8 Å². The van der Waals surface area contributed by atoms with Crippen LogP contribution in [-0.2, 0) is 6.54 Å². The molecule has 2 heterocycles. The zero-order chi connectivity index (χ0) is 20.4. The zero-order valence-electron chi connectivity index (χ0n) is 14.9. The maximum absolute atomic E-state index is 12.2. The van der Waals surface area contributed by atoms with Crippen molar-refractivity contribution in [3.05, 3.63) is 98.1 Å². The Morgan fingerprint density at radius 2 is 1.72 bits per heavy atom. The molecule has 0 bridgehead atoms. The minimum atomic E-state index is -0.512. The standard InChI is InChI=1S/C20H14Cl3N5O/c21-16-10-15(28-20(29)19(23)17(22)12-25-28)6-7-18(16)24-11-13-8-9-27(26-13)14-4-2-1-3-5-14/h1-10,12,24H,11H2. The summed E-state index contributed by atoms with van der Waals surface area (Å²) in [5.41, 5.74) is 2.52. The Hall–Kier alpha value is -2.80. The molecule has 4 rings (SSSR count). The number of aromatic nitrogens is 4. The summed E-state index contributed by atoms with van der Waals surface area (Å²) in [5, 5.41) is 12.2. The molecule has 2 aromatic carbocycles. The van der Waals surface area contributed by atoms with Crippen LogP contribution in [0, 0.1) is 0 Å². The molecule has 9 heteroatoms. The van der Waals surface area contributed by atoms with Crippen LogP contribution in [0.25, 0.3) is 11.4 Å². The molecular weight excluding hydrogens is 433 g/mol. The molecule has 0 spiro atoms. The van der Waals surface area contributed by atoms with E-state index in [1.165, 1.54) is 6.20 Å². The summed E-state index contributed by atoms with van der Waals surface area (Å²) in [6.07, 6.45) is 3.22. The summed E-state index contributed by atoms with van der Waals surface area (Å²) >= 11 is 18.1. The van der Waals surface area contributed by atoms with Gasteiger partial charge in [0.05, 0.1) is 45.5 Å². The van der Waals surface area contributed by atoms with E-state index in [-0.39, 0.29) is 10.0 Å². The smallest absolute Gasteiger partial charge is 0.291 e. The molecule has 0 aliphatic carbocycles. The summed E-state index contributed by atoms with van der Waals surface area (Å²) < 4.78 is 2.95. The van der Waals surface area contributed by atoms with Gasteiger partial charge in [0.2, 0.25) is 0 Å². The van der Waals surface area contributed by atoms with Crippen LogP contribution in [-0.4, -0.2) is 19.6 Å². The van der Waals surface area contributed by atoms with Crippen molar-refractivity contribution in [3.63, 3.8) is 0 Å². The number of anilines is 1. The van der Waals surface area contributed by atoms with Gasteiger partial charge in [0.1, 0.15) is 5.02 Å². The maximum Gasteiger partial charge on any atom is 0.291 e. The molecule has 0 fully saturated rings. The van der Waals surface area contributed by atoms with E-state index >= 15 is 0 Å². The van der Waals surface area contributed by atoms with E-state index < -0.39 is 5.56 Å². The predicted molar refractivity (Wildman–Crippen MR) is 116 cm³/mol. The minimum Gasteiger partial charge on any atom is -0.378 e. The summed E-state index contributed by atoms with van der Waals surface area (Å²) in [6, 6.07) is 16.9. The molecule has 146 valence electrons. The van der Waals surface area contributed by atoms with Crippen LogP contribution in [0.15, 0.2) is 71.8 Å². The molecule has 0 atom stereocenters. The zero-order valence-corrected chi connectivity index (χ0v) is 17.2. The first kappa shape index (κ1) is 19.5. The number of hydrogen-bond donors (Lipinski definition) is 1. The molecule has 0 unspecified atom stereocenters. The molecule has 0 saturated heterocycles. The molecule has 2 aromatic heterocycles. The largest absolute Gasteiger partial charge is 0.378 e. The molecule has 0 aliphatic heterocycles. The fraction of sp³-hybridized carbons (Fsp3) is 0.0500. The molecule has 29 heavy (non-hydrogen) atoms. The number of benzene rings is 2. The lowest BCUT2D eigenvalue weighted by atomic mass is 10.2. The van der Waals surface area contributed by atoms with Crippen molar-refractivity contribution in [1.29, 1.82) is 0 Å². The highest BCUT2D eigenvalue weighted by Crippen LogP contribution is 2.25. The van der Waals surface area contributed by atoms with Crippen molar-refractivity contribution >= 4 is 40.5 Å². The average Bonchev–Trinajstić information content (AvgIpc) is 3.21. The Morgan fingerprint density at radius 3 is 2.48 bits per heavy atom. The quantitative estimate of drug-likeness (QED) is 0.469. The van der Waals surface area contributed by atoms with Gasteiger partial charge < -0.3 is 5.32 Å². The van der Waals surface area contributed by atoms with E-state index in [1.807, 2.05) is 47.3 Å². The van der Waals surface area contributed by atoms with Gasteiger partial charge in [-0.3, -0.25) is 4.79 Å². The predicted octanol–water partition coefficient (Wildman–Crippen LogP) is 4.99. The van der Waals surface area contributed by atoms with Crippen LogP contribution in [0.2, 0.25) is 15.1 Å².